The van der Waals surface area contributed by atoms with Crippen LogP contribution in [-0.4, -0.2) is 30.6 Å². The van der Waals surface area contributed by atoms with Crippen molar-refractivity contribution in [2.45, 2.75) is 25.4 Å². The van der Waals surface area contributed by atoms with E-state index in [9.17, 15) is 0 Å². The molecule has 2 rings (SSSR count). The minimum atomic E-state index is 0.350. The lowest BCUT2D eigenvalue weighted by molar-refractivity contribution is 0.202. The summed E-state index contributed by atoms with van der Waals surface area (Å²) in [5.41, 5.74) is 1.33. The predicted molar refractivity (Wildman–Crippen MR) is 68.4 cm³/mol. The molecule has 3 nitrogen and oxygen atoms in total. The Labute approximate surface area is 103 Å². The van der Waals surface area contributed by atoms with Crippen LogP contribution in [0.1, 0.15) is 18.4 Å². The summed E-state index contributed by atoms with van der Waals surface area (Å²) in [5, 5.41) is 12.3. The molecule has 1 atom stereocenters. The van der Waals surface area contributed by atoms with E-state index in [2.05, 4.69) is 40.6 Å². The SMILES string of the molecule is N#CCC1CNCCCN1Cc1ccccc1. The third-order valence-electron chi connectivity index (χ3n) is 3.25. The maximum absolute atomic E-state index is 8.89. The molecule has 90 valence electrons. The molecule has 1 aliphatic heterocycles. The van der Waals surface area contributed by atoms with Crippen molar-refractivity contribution in [3.63, 3.8) is 0 Å². The highest BCUT2D eigenvalue weighted by atomic mass is 15.2. The Morgan fingerprint density at radius 3 is 2.94 bits per heavy atom. The van der Waals surface area contributed by atoms with Gasteiger partial charge in [0.1, 0.15) is 0 Å². The number of benzene rings is 1. The topological polar surface area (TPSA) is 39.1 Å². The second-order valence-electron chi connectivity index (χ2n) is 4.53. The van der Waals surface area contributed by atoms with Crippen LogP contribution in [0.2, 0.25) is 0 Å². The molecule has 1 N–H and O–H groups in total. The van der Waals surface area contributed by atoms with Crippen LogP contribution in [0.5, 0.6) is 0 Å². The maximum Gasteiger partial charge on any atom is 0.0638 e. The Morgan fingerprint density at radius 1 is 1.35 bits per heavy atom. The lowest BCUT2D eigenvalue weighted by Gasteiger charge is -2.27. The van der Waals surface area contributed by atoms with Gasteiger partial charge in [-0.05, 0) is 18.5 Å². The number of hydrogen-bond acceptors (Lipinski definition) is 3. The highest BCUT2D eigenvalue weighted by Gasteiger charge is 2.20. The minimum absolute atomic E-state index is 0.350. The molecule has 0 bridgehead atoms. The van der Waals surface area contributed by atoms with Crippen molar-refractivity contribution in [3.05, 3.63) is 35.9 Å². The summed E-state index contributed by atoms with van der Waals surface area (Å²) in [7, 11) is 0. The Morgan fingerprint density at radius 2 is 2.18 bits per heavy atom. The first-order valence-corrected chi connectivity index (χ1v) is 6.26. The fraction of sp³-hybridized carbons (Fsp3) is 0.500. The zero-order valence-corrected chi connectivity index (χ0v) is 10.1. The first kappa shape index (κ1) is 12.1. The van der Waals surface area contributed by atoms with Gasteiger partial charge in [0.25, 0.3) is 0 Å². The van der Waals surface area contributed by atoms with E-state index in [1.807, 2.05) is 6.07 Å². The summed E-state index contributed by atoms with van der Waals surface area (Å²) in [6.45, 7) is 4.02. The van der Waals surface area contributed by atoms with Crippen LogP contribution in [0.25, 0.3) is 0 Å². The number of hydrogen-bond donors (Lipinski definition) is 1. The summed E-state index contributed by atoms with van der Waals surface area (Å²) < 4.78 is 0. The van der Waals surface area contributed by atoms with Gasteiger partial charge in [0, 0.05) is 25.7 Å². The van der Waals surface area contributed by atoms with Crippen molar-refractivity contribution in [2.24, 2.45) is 0 Å². The van der Waals surface area contributed by atoms with Crippen LogP contribution in [0.4, 0.5) is 0 Å². The Balaban J connectivity index is 2.02. The van der Waals surface area contributed by atoms with Gasteiger partial charge in [-0.25, -0.2) is 0 Å². The Bertz CT molecular complexity index is 369. The van der Waals surface area contributed by atoms with Crippen molar-refractivity contribution in [3.8, 4) is 6.07 Å². The molecule has 1 aliphatic rings. The van der Waals surface area contributed by atoms with E-state index in [1.54, 1.807) is 0 Å². The summed E-state index contributed by atoms with van der Waals surface area (Å²) in [4.78, 5) is 2.43. The van der Waals surface area contributed by atoms with E-state index in [0.717, 1.165) is 32.6 Å². The van der Waals surface area contributed by atoms with Crippen LogP contribution >= 0.6 is 0 Å². The van der Waals surface area contributed by atoms with Gasteiger partial charge in [0.05, 0.1) is 12.5 Å². The van der Waals surface area contributed by atoms with Crippen LogP contribution in [0, 0.1) is 11.3 Å². The van der Waals surface area contributed by atoms with Crippen LogP contribution in [0.3, 0.4) is 0 Å². The van der Waals surface area contributed by atoms with E-state index < -0.39 is 0 Å². The number of rotatable bonds is 3. The van der Waals surface area contributed by atoms with E-state index in [0.29, 0.717) is 12.5 Å². The van der Waals surface area contributed by atoms with Crippen molar-refractivity contribution in [2.75, 3.05) is 19.6 Å². The first-order valence-electron chi connectivity index (χ1n) is 6.26. The van der Waals surface area contributed by atoms with Gasteiger partial charge in [0.15, 0.2) is 0 Å². The number of nitrogens with one attached hydrogen (secondary N) is 1. The zero-order valence-electron chi connectivity index (χ0n) is 10.1. The minimum Gasteiger partial charge on any atom is -0.315 e. The first-order chi connectivity index (χ1) is 8.40. The van der Waals surface area contributed by atoms with Crippen molar-refractivity contribution in [1.82, 2.24) is 10.2 Å². The molecule has 0 aromatic heterocycles. The lowest BCUT2D eigenvalue weighted by Crippen LogP contribution is -2.38. The van der Waals surface area contributed by atoms with Crippen LogP contribution in [0.15, 0.2) is 30.3 Å². The van der Waals surface area contributed by atoms with Gasteiger partial charge in [-0.2, -0.15) is 5.26 Å². The molecule has 0 spiro atoms. The molecular weight excluding hydrogens is 210 g/mol. The number of nitriles is 1. The van der Waals surface area contributed by atoms with E-state index in [1.165, 1.54) is 5.56 Å². The third-order valence-corrected chi connectivity index (χ3v) is 3.25. The predicted octanol–water partition coefficient (Wildman–Crippen LogP) is 1.76. The molecule has 1 aromatic carbocycles. The molecule has 0 radical (unpaired) electrons. The molecular formula is C14H19N3. The van der Waals surface area contributed by atoms with Crippen molar-refractivity contribution in [1.29, 1.82) is 5.26 Å². The maximum atomic E-state index is 8.89. The normalized spacial score (nSPS) is 21.7. The van der Waals surface area contributed by atoms with Gasteiger partial charge in [-0.15, -0.1) is 0 Å². The van der Waals surface area contributed by atoms with Crippen LogP contribution < -0.4 is 5.32 Å². The quantitative estimate of drug-likeness (QED) is 0.858. The smallest absolute Gasteiger partial charge is 0.0638 e. The van der Waals surface area contributed by atoms with Crippen LogP contribution in [-0.2, 0) is 6.54 Å². The van der Waals surface area contributed by atoms with E-state index >= 15 is 0 Å². The second kappa shape index (κ2) is 6.39. The van der Waals surface area contributed by atoms with E-state index in [-0.39, 0.29) is 0 Å². The average molecular weight is 229 g/mol. The molecule has 0 aliphatic carbocycles. The van der Waals surface area contributed by atoms with Gasteiger partial charge < -0.3 is 5.32 Å². The summed E-state index contributed by atoms with van der Waals surface area (Å²) >= 11 is 0. The molecule has 1 fully saturated rings. The molecule has 1 saturated heterocycles. The fourth-order valence-corrected chi connectivity index (χ4v) is 2.32. The number of nitrogens with zero attached hydrogens (tertiary/aromatic N) is 2. The summed E-state index contributed by atoms with van der Waals surface area (Å²) in [6, 6.07) is 13.1. The largest absolute Gasteiger partial charge is 0.315 e. The van der Waals surface area contributed by atoms with Gasteiger partial charge in [0.2, 0.25) is 0 Å². The lowest BCUT2D eigenvalue weighted by atomic mass is 10.1. The highest BCUT2D eigenvalue weighted by Crippen LogP contribution is 2.12. The molecule has 3 heteroatoms. The van der Waals surface area contributed by atoms with Gasteiger partial charge in [-0.1, -0.05) is 30.3 Å². The third kappa shape index (κ3) is 3.55. The molecule has 17 heavy (non-hydrogen) atoms. The molecule has 0 amide bonds. The fourth-order valence-electron chi connectivity index (χ4n) is 2.32. The Hall–Kier alpha value is -1.37. The van der Waals surface area contributed by atoms with Gasteiger partial charge >= 0.3 is 0 Å². The molecule has 0 saturated carbocycles. The monoisotopic (exact) mass is 229 g/mol. The average Bonchev–Trinajstić information content (AvgIpc) is 2.57. The molecule has 1 heterocycles. The van der Waals surface area contributed by atoms with E-state index in [4.69, 9.17) is 5.26 Å². The summed E-state index contributed by atoms with van der Waals surface area (Å²) in [6.07, 6.45) is 1.77. The van der Waals surface area contributed by atoms with Crippen molar-refractivity contribution < 1.29 is 0 Å². The van der Waals surface area contributed by atoms with Gasteiger partial charge in [-0.3, -0.25) is 4.90 Å². The second-order valence-corrected chi connectivity index (χ2v) is 4.53. The summed E-state index contributed by atoms with van der Waals surface area (Å²) in [5.74, 6) is 0. The highest BCUT2D eigenvalue weighted by molar-refractivity contribution is 5.14. The zero-order chi connectivity index (χ0) is 11.9. The Kier molecular flexibility index (Phi) is 4.54. The standard InChI is InChI=1S/C14H19N3/c15-8-7-14-11-16-9-4-10-17(14)12-13-5-2-1-3-6-13/h1-3,5-6,14,16H,4,7,9-12H2. The van der Waals surface area contributed by atoms with Crippen molar-refractivity contribution >= 4 is 0 Å². The molecule has 1 aromatic rings. The molecule has 1 unspecified atom stereocenters.